The van der Waals surface area contributed by atoms with Crippen molar-refractivity contribution in [3.63, 3.8) is 0 Å². The van der Waals surface area contributed by atoms with Gasteiger partial charge in [0.15, 0.2) is 6.29 Å². The standard InChI is InChI=1S/C21H16N2O6/c1-10-16(22)15-14(23(10)8-11-5-3-2-4-6-11)7-12-13(9-24)19(15)29-20(21(27)28)18(26)17(12)25/h2-7,9,20H,8,22H2,1H3,(H,27,28). The van der Waals surface area contributed by atoms with Crippen LogP contribution >= 0.6 is 0 Å². The highest BCUT2D eigenvalue weighted by molar-refractivity contribution is 6.49. The van der Waals surface area contributed by atoms with Crippen LogP contribution in [0.4, 0.5) is 5.69 Å². The minimum Gasteiger partial charge on any atom is -0.478 e. The van der Waals surface area contributed by atoms with Crippen LogP contribution in [-0.4, -0.2) is 39.6 Å². The van der Waals surface area contributed by atoms with E-state index in [1.54, 1.807) is 6.92 Å². The number of ether oxygens (including phenoxy) is 1. The maximum Gasteiger partial charge on any atom is 0.353 e. The number of carboxylic acid groups (broad SMARTS) is 1. The summed E-state index contributed by atoms with van der Waals surface area (Å²) < 4.78 is 7.24. The van der Waals surface area contributed by atoms with Crippen molar-refractivity contribution in [3.8, 4) is 5.75 Å². The number of ketones is 2. The van der Waals surface area contributed by atoms with Crippen molar-refractivity contribution in [2.24, 2.45) is 0 Å². The summed E-state index contributed by atoms with van der Waals surface area (Å²) in [5.41, 5.74) is 8.30. The van der Waals surface area contributed by atoms with Crippen molar-refractivity contribution in [2.45, 2.75) is 19.6 Å². The average Bonchev–Trinajstić information content (AvgIpc) is 2.91. The van der Waals surface area contributed by atoms with Crippen molar-refractivity contribution in [2.75, 3.05) is 5.73 Å². The quantitative estimate of drug-likeness (QED) is 0.395. The number of fused-ring (bicyclic) bond motifs is 4. The molecule has 0 saturated carbocycles. The van der Waals surface area contributed by atoms with E-state index in [9.17, 15) is 24.3 Å². The molecular weight excluding hydrogens is 376 g/mol. The van der Waals surface area contributed by atoms with Crippen LogP contribution in [0, 0.1) is 6.92 Å². The van der Waals surface area contributed by atoms with E-state index in [1.807, 2.05) is 34.9 Å². The lowest BCUT2D eigenvalue weighted by molar-refractivity contribution is -0.148. The Kier molecular flexibility index (Phi) is 4.19. The number of carbonyl (C=O) groups is 4. The number of Topliss-reactive ketones (excluding diaryl/α,β-unsaturated/α-hetero) is 2. The van der Waals surface area contributed by atoms with Gasteiger partial charge in [-0.15, -0.1) is 0 Å². The normalized spacial score (nSPS) is 15.8. The maximum absolute atomic E-state index is 12.6. The summed E-state index contributed by atoms with van der Waals surface area (Å²) in [5, 5.41) is 9.64. The molecule has 0 spiro atoms. The van der Waals surface area contributed by atoms with E-state index in [4.69, 9.17) is 10.5 Å². The van der Waals surface area contributed by atoms with Crippen LogP contribution in [0.5, 0.6) is 5.75 Å². The van der Waals surface area contributed by atoms with E-state index in [0.717, 1.165) is 5.56 Å². The summed E-state index contributed by atoms with van der Waals surface area (Å²) in [6.07, 6.45) is -1.66. The van der Waals surface area contributed by atoms with Gasteiger partial charge in [-0.3, -0.25) is 14.4 Å². The van der Waals surface area contributed by atoms with E-state index in [2.05, 4.69) is 0 Å². The number of aldehydes is 1. The summed E-state index contributed by atoms with van der Waals surface area (Å²) in [6.45, 7) is 2.19. The number of hydrogen-bond acceptors (Lipinski definition) is 6. The molecule has 2 aromatic carbocycles. The fraction of sp³-hybridized carbons (Fsp3) is 0.143. The summed E-state index contributed by atoms with van der Waals surface area (Å²) in [6, 6.07) is 10.9. The van der Waals surface area contributed by atoms with Crippen molar-refractivity contribution < 1.29 is 29.0 Å². The number of nitrogen functional groups attached to an aromatic ring is 1. The Morgan fingerprint density at radius 2 is 1.97 bits per heavy atom. The number of benzene rings is 2. The van der Waals surface area contributed by atoms with Gasteiger partial charge in [0.1, 0.15) is 5.75 Å². The smallest absolute Gasteiger partial charge is 0.353 e. The highest BCUT2D eigenvalue weighted by Gasteiger charge is 2.41. The molecule has 29 heavy (non-hydrogen) atoms. The number of nitrogens with zero attached hydrogens (tertiary/aromatic N) is 1. The molecule has 1 unspecified atom stereocenters. The van der Waals surface area contributed by atoms with E-state index in [-0.39, 0.29) is 22.6 Å². The van der Waals surface area contributed by atoms with Gasteiger partial charge in [0, 0.05) is 17.8 Å². The summed E-state index contributed by atoms with van der Waals surface area (Å²) >= 11 is 0. The number of carboxylic acids is 1. The lowest BCUT2D eigenvalue weighted by Gasteiger charge is -2.13. The highest BCUT2D eigenvalue weighted by atomic mass is 16.5. The van der Waals surface area contributed by atoms with E-state index in [1.165, 1.54) is 6.07 Å². The highest BCUT2D eigenvalue weighted by Crippen LogP contribution is 2.41. The second-order valence-corrected chi connectivity index (χ2v) is 6.78. The molecule has 3 N–H and O–H groups in total. The third kappa shape index (κ3) is 2.68. The van der Waals surface area contributed by atoms with Gasteiger partial charge in [0.25, 0.3) is 11.9 Å². The summed E-state index contributed by atoms with van der Waals surface area (Å²) in [7, 11) is 0. The fourth-order valence-electron chi connectivity index (χ4n) is 3.62. The topological polar surface area (TPSA) is 129 Å². The first-order valence-electron chi connectivity index (χ1n) is 8.77. The predicted octanol–water partition coefficient (Wildman–Crippen LogP) is 1.99. The van der Waals surface area contributed by atoms with E-state index in [0.29, 0.717) is 29.4 Å². The Morgan fingerprint density at radius 3 is 2.59 bits per heavy atom. The van der Waals surface area contributed by atoms with Gasteiger partial charge in [0.05, 0.1) is 22.2 Å². The van der Waals surface area contributed by atoms with Crippen LogP contribution in [-0.2, 0) is 16.1 Å². The Morgan fingerprint density at radius 1 is 1.28 bits per heavy atom. The van der Waals surface area contributed by atoms with Crippen molar-refractivity contribution in [1.29, 1.82) is 0 Å². The maximum atomic E-state index is 12.6. The second kappa shape index (κ2) is 6.59. The molecule has 0 radical (unpaired) electrons. The Hall–Kier alpha value is -3.94. The second-order valence-electron chi connectivity index (χ2n) is 6.78. The number of aliphatic carboxylic acids is 1. The van der Waals surface area contributed by atoms with Crippen molar-refractivity contribution >= 4 is 40.4 Å². The summed E-state index contributed by atoms with van der Waals surface area (Å²) in [4.78, 5) is 48.1. The molecule has 4 rings (SSSR count). The molecule has 2 heterocycles. The van der Waals surface area contributed by atoms with Crippen LogP contribution in [0.1, 0.15) is 32.0 Å². The average molecular weight is 392 g/mol. The lowest BCUT2D eigenvalue weighted by Crippen LogP contribution is -2.38. The zero-order valence-electron chi connectivity index (χ0n) is 15.3. The first-order valence-corrected chi connectivity index (χ1v) is 8.77. The van der Waals surface area contributed by atoms with Crippen LogP contribution in [0.2, 0.25) is 0 Å². The number of anilines is 1. The van der Waals surface area contributed by atoms with E-state index >= 15 is 0 Å². The number of rotatable bonds is 4. The van der Waals surface area contributed by atoms with Gasteiger partial charge < -0.3 is 20.1 Å². The SMILES string of the molecule is Cc1c(N)c2c3c(C=O)c(cc2n1Cc1ccccc1)C(=O)C(=O)C(C(=O)O)O3. The molecule has 0 amide bonds. The van der Waals surface area contributed by atoms with Gasteiger partial charge in [-0.05, 0) is 18.6 Å². The molecule has 1 aliphatic heterocycles. The van der Waals surface area contributed by atoms with Crippen LogP contribution in [0.15, 0.2) is 36.4 Å². The third-order valence-electron chi connectivity index (χ3n) is 5.12. The lowest BCUT2D eigenvalue weighted by atomic mass is 9.98. The number of aromatic nitrogens is 1. The Balaban J connectivity index is 2.05. The van der Waals surface area contributed by atoms with Crippen LogP contribution < -0.4 is 10.5 Å². The van der Waals surface area contributed by atoms with Gasteiger partial charge in [0.2, 0.25) is 5.78 Å². The fourth-order valence-corrected chi connectivity index (χ4v) is 3.62. The Labute approximate surface area is 164 Å². The molecular formula is C21H16N2O6. The van der Waals surface area contributed by atoms with Crippen LogP contribution in [0.3, 0.4) is 0 Å². The number of hydrogen-bond donors (Lipinski definition) is 2. The molecule has 8 nitrogen and oxygen atoms in total. The first-order chi connectivity index (χ1) is 13.8. The van der Waals surface area contributed by atoms with Gasteiger partial charge in [-0.1, -0.05) is 30.3 Å². The first kappa shape index (κ1) is 18.4. The third-order valence-corrected chi connectivity index (χ3v) is 5.12. The minimum atomic E-state index is -2.04. The zero-order valence-corrected chi connectivity index (χ0v) is 15.3. The Bertz CT molecular complexity index is 1210. The number of carbonyl (C=O) groups excluding carboxylic acids is 3. The molecule has 2 bridgehead atoms. The minimum absolute atomic E-state index is 0.161. The molecule has 0 aliphatic carbocycles. The summed E-state index contributed by atoms with van der Waals surface area (Å²) in [5.74, 6) is -4.10. The molecule has 1 atom stereocenters. The molecule has 1 aromatic heterocycles. The van der Waals surface area contributed by atoms with Crippen molar-refractivity contribution in [3.05, 3.63) is 58.8 Å². The molecule has 0 fully saturated rings. The van der Waals surface area contributed by atoms with Crippen LogP contribution in [0.25, 0.3) is 10.9 Å². The zero-order chi connectivity index (χ0) is 20.9. The predicted molar refractivity (Wildman–Crippen MR) is 103 cm³/mol. The van der Waals surface area contributed by atoms with E-state index < -0.39 is 23.6 Å². The monoisotopic (exact) mass is 392 g/mol. The van der Waals surface area contributed by atoms with Crippen molar-refractivity contribution in [1.82, 2.24) is 4.57 Å². The molecule has 146 valence electrons. The van der Waals surface area contributed by atoms with Gasteiger partial charge >= 0.3 is 5.97 Å². The number of nitrogens with two attached hydrogens (primary N) is 1. The molecule has 0 saturated heterocycles. The van der Waals surface area contributed by atoms with Gasteiger partial charge in [-0.25, -0.2) is 4.79 Å². The van der Waals surface area contributed by atoms with Gasteiger partial charge in [-0.2, -0.15) is 0 Å². The largest absolute Gasteiger partial charge is 0.478 e. The molecule has 8 heteroatoms. The molecule has 1 aliphatic rings. The molecule has 3 aromatic rings.